The number of hydrogen-bond acceptors (Lipinski definition) is 1. The average Bonchev–Trinajstić information content (AvgIpc) is 2.99. The van der Waals surface area contributed by atoms with Gasteiger partial charge in [-0.15, -0.1) is 0 Å². The lowest BCUT2D eigenvalue weighted by Gasteiger charge is -2.12. The van der Waals surface area contributed by atoms with Crippen LogP contribution in [0.25, 0.3) is 11.0 Å². The molecule has 1 fully saturated rings. The summed E-state index contributed by atoms with van der Waals surface area (Å²) in [5.41, 5.74) is 2.24. The fourth-order valence-corrected chi connectivity index (χ4v) is 2.43. The summed E-state index contributed by atoms with van der Waals surface area (Å²) >= 11 is 6.01. The van der Waals surface area contributed by atoms with Crippen LogP contribution in [-0.4, -0.2) is 9.55 Å². The molecule has 0 radical (unpaired) electrons. The largest absolute Gasteiger partial charge is 0.325 e. The fraction of sp³-hybridized carbons (Fsp3) is 0.462. The van der Waals surface area contributed by atoms with Crippen LogP contribution in [0.3, 0.4) is 0 Å². The van der Waals surface area contributed by atoms with Crippen LogP contribution in [0.15, 0.2) is 18.2 Å². The van der Waals surface area contributed by atoms with Gasteiger partial charge in [-0.25, -0.2) is 4.98 Å². The highest BCUT2D eigenvalue weighted by Crippen LogP contribution is 2.41. The van der Waals surface area contributed by atoms with Crippen LogP contribution in [0.5, 0.6) is 0 Å². The Kier molecular flexibility index (Phi) is 2.21. The fourth-order valence-electron chi connectivity index (χ4n) is 2.26. The lowest BCUT2D eigenvalue weighted by atomic mass is 10.3. The highest BCUT2D eigenvalue weighted by molar-refractivity contribution is 6.31. The molecule has 1 aliphatic carbocycles. The van der Waals surface area contributed by atoms with E-state index in [1.54, 1.807) is 0 Å². The molecule has 0 aliphatic heterocycles. The van der Waals surface area contributed by atoms with Crippen molar-refractivity contribution in [1.29, 1.82) is 0 Å². The van der Waals surface area contributed by atoms with Crippen LogP contribution in [0.4, 0.5) is 0 Å². The summed E-state index contributed by atoms with van der Waals surface area (Å²) in [5.74, 6) is 1.92. The smallest absolute Gasteiger partial charge is 0.113 e. The number of aromatic nitrogens is 2. The maximum Gasteiger partial charge on any atom is 0.113 e. The third kappa shape index (κ3) is 1.52. The number of imidazole rings is 1. The van der Waals surface area contributed by atoms with E-state index in [0.29, 0.717) is 12.0 Å². The highest BCUT2D eigenvalue weighted by atomic mass is 35.5. The molecule has 16 heavy (non-hydrogen) atoms. The zero-order valence-electron chi connectivity index (χ0n) is 9.57. The van der Waals surface area contributed by atoms with Gasteiger partial charge in [0.2, 0.25) is 0 Å². The van der Waals surface area contributed by atoms with E-state index in [4.69, 9.17) is 16.6 Å². The van der Waals surface area contributed by atoms with E-state index in [2.05, 4.69) is 24.5 Å². The molecular formula is C13H15ClN2. The van der Waals surface area contributed by atoms with E-state index >= 15 is 0 Å². The summed E-state index contributed by atoms with van der Waals surface area (Å²) in [6.07, 6.45) is 2.56. The van der Waals surface area contributed by atoms with Crippen molar-refractivity contribution in [3.8, 4) is 0 Å². The predicted octanol–water partition coefficient (Wildman–Crippen LogP) is 4.15. The number of rotatable bonds is 2. The third-order valence-electron chi connectivity index (χ3n) is 3.14. The van der Waals surface area contributed by atoms with E-state index in [1.807, 2.05) is 12.1 Å². The number of benzene rings is 1. The van der Waals surface area contributed by atoms with Crippen LogP contribution >= 0.6 is 11.6 Å². The Labute approximate surface area is 100 Å². The van der Waals surface area contributed by atoms with Gasteiger partial charge in [0.25, 0.3) is 0 Å². The first-order valence-corrected chi connectivity index (χ1v) is 6.22. The Morgan fingerprint density at radius 1 is 1.38 bits per heavy atom. The summed E-state index contributed by atoms with van der Waals surface area (Å²) < 4.78 is 2.35. The van der Waals surface area contributed by atoms with Gasteiger partial charge in [-0.2, -0.15) is 0 Å². The van der Waals surface area contributed by atoms with E-state index in [0.717, 1.165) is 10.5 Å². The molecule has 0 unspecified atom stereocenters. The molecule has 1 aliphatic rings. The Bertz CT molecular complexity index is 538. The van der Waals surface area contributed by atoms with Crippen LogP contribution in [-0.2, 0) is 0 Å². The zero-order chi connectivity index (χ0) is 11.3. The molecule has 0 amide bonds. The Morgan fingerprint density at radius 2 is 2.12 bits per heavy atom. The quantitative estimate of drug-likeness (QED) is 0.763. The highest BCUT2D eigenvalue weighted by Gasteiger charge is 2.30. The first-order chi connectivity index (χ1) is 7.66. The maximum absolute atomic E-state index is 6.01. The van der Waals surface area contributed by atoms with Crippen LogP contribution in [0.1, 0.15) is 44.5 Å². The number of halogens is 1. The number of hydrogen-bond donors (Lipinski definition) is 0. The predicted molar refractivity (Wildman–Crippen MR) is 67.1 cm³/mol. The number of nitrogens with zero attached hydrogens (tertiary/aromatic N) is 2. The van der Waals surface area contributed by atoms with Gasteiger partial charge < -0.3 is 4.57 Å². The van der Waals surface area contributed by atoms with Crippen LogP contribution < -0.4 is 0 Å². The molecule has 1 heterocycles. The molecule has 84 valence electrons. The minimum atomic E-state index is 0.460. The van der Waals surface area contributed by atoms with Crippen molar-refractivity contribution in [2.75, 3.05) is 0 Å². The van der Waals surface area contributed by atoms with Gasteiger partial charge in [0.1, 0.15) is 5.82 Å². The Hall–Kier alpha value is -1.02. The van der Waals surface area contributed by atoms with E-state index < -0.39 is 0 Å². The molecule has 0 saturated heterocycles. The van der Waals surface area contributed by atoms with Gasteiger partial charge in [0.15, 0.2) is 0 Å². The minimum Gasteiger partial charge on any atom is -0.325 e. The molecule has 2 nitrogen and oxygen atoms in total. The van der Waals surface area contributed by atoms with Crippen molar-refractivity contribution in [3.05, 3.63) is 29.0 Å². The Morgan fingerprint density at radius 3 is 2.75 bits per heavy atom. The normalized spacial score (nSPS) is 16.2. The van der Waals surface area contributed by atoms with Crippen molar-refractivity contribution in [2.24, 2.45) is 0 Å². The number of fused-ring (bicyclic) bond motifs is 1. The molecule has 0 atom stereocenters. The van der Waals surface area contributed by atoms with Crippen molar-refractivity contribution >= 4 is 22.6 Å². The van der Waals surface area contributed by atoms with Crippen LogP contribution in [0.2, 0.25) is 5.02 Å². The van der Waals surface area contributed by atoms with Crippen molar-refractivity contribution in [1.82, 2.24) is 9.55 Å². The summed E-state index contributed by atoms with van der Waals surface area (Å²) in [6, 6.07) is 6.45. The molecule has 2 aromatic rings. The zero-order valence-corrected chi connectivity index (χ0v) is 10.3. The van der Waals surface area contributed by atoms with Gasteiger partial charge in [-0.3, -0.25) is 0 Å². The summed E-state index contributed by atoms with van der Waals surface area (Å²) in [4.78, 5) is 4.74. The molecule has 0 spiro atoms. The van der Waals surface area contributed by atoms with Crippen molar-refractivity contribution in [2.45, 2.75) is 38.6 Å². The maximum atomic E-state index is 6.01. The topological polar surface area (TPSA) is 17.8 Å². The molecule has 1 aromatic carbocycles. The molecular weight excluding hydrogens is 220 g/mol. The summed E-state index contributed by atoms with van der Waals surface area (Å²) in [7, 11) is 0. The summed E-state index contributed by atoms with van der Waals surface area (Å²) in [5, 5.41) is 0.767. The molecule has 1 aromatic heterocycles. The van der Waals surface area contributed by atoms with Crippen LogP contribution in [0, 0.1) is 0 Å². The first kappa shape index (κ1) is 10.2. The average molecular weight is 235 g/mol. The Balaban J connectivity index is 2.28. The lowest BCUT2D eigenvalue weighted by Crippen LogP contribution is -2.05. The van der Waals surface area contributed by atoms with Gasteiger partial charge in [-0.1, -0.05) is 11.6 Å². The van der Waals surface area contributed by atoms with E-state index in [-0.39, 0.29) is 0 Å². The van der Waals surface area contributed by atoms with Crippen molar-refractivity contribution in [3.63, 3.8) is 0 Å². The summed E-state index contributed by atoms with van der Waals surface area (Å²) in [6.45, 7) is 4.42. The van der Waals surface area contributed by atoms with E-state index in [9.17, 15) is 0 Å². The molecule has 1 saturated carbocycles. The standard InChI is InChI=1S/C13H15ClN2/c1-8(2)16-12-6-5-10(14)7-11(12)15-13(16)9-3-4-9/h5-9H,3-4H2,1-2H3. The van der Waals surface area contributed by atoms with Gasteiger partial charge in [0, 0.05) is 17.0 Å². The second kappa shape index (κ2) is 3.49. The second-order valence-electron chi connectivity index (χ2n) is 4.84. The minimum absolute atomic E-state index is 0.460. The van der Waals surface area contributed by atoms with E-state index in [1.165, 1.54) is 24.2 Å². The molecule has 3 rings (SSSR count). The monoisotopic (exact) mass is 234 g/mol. The second-order valence-corrected chi connectivity index (χ2v) is 5.28. The third-order valence-corrected chi connectivity index (χ3v) is 3.37. The van der Waals surface area contributed by atoms with Gasteiger partial charge >= 0.3 is 0 Å². The lowest BCUT2D eigenvalue weighted by molar-refractivity contribution is 0.585. The molecule has 0 bridgehead atoms. The molecule has 3 heteroatoms. The van der Waals surface area contributed by atoms with Crippen molar-refractivity contribution < 1.29 is 0 Å². The van der Waals surface area contributed by atoms with Gasteiger partial charge in [0.05, 0.1) is 11.0 Å². The molecule has 0 N–H and O–H groups in total. The first-order valence-electron chi connectivity index (χ1n) is 5.84. The SMILES string of the molecule is CC(C)n1c(C2CC2)nc2cc(Cl)ccc21. The van der Waals surface area contributed by atoms with Gasteiger partial charge in [-0.05, 0) is 44.9 Å².